The van der Waals surface area contributed by atoms with Crippen LogP contribution >= 0.6 is 0 Å². The van der Waals surface area contributed by atoms with Crippen molar-refractivity contribution in [2.45, 2.75) is 65.5 Å². The van der Waals surface area contributed by atoms with E-state index in [2.05, 4.69) is 23.8 Å². The fraction of sp³-hybridized carbons (Fsp3) is 0.269. The van der Waals surface area contributed by atoms with Crippen LogP contribution in [0.4, 0.5) is 8.78 Å². The van der Waals surface area contributed by atoms with Gasteiger partial charge in [0.05, 0.1) is 49.6 Å². The molecule has 0 fully saturated rings. The number of benzene rings is 4. The van der Waals surface area contributed by atoms with Crippen LogP contribution in [-0.4, -0.2) is 62.9 Å². The van der Waals surface area contributed by atoms with Gasteiger partial charge in [-0.05, 0) is 121 Å². The van der Waals surface area contributed by atoms with E-state index in [1.165, 1.54) is 24.3 Å². The molecule has 0 unspecified atom stereocenters. The first kappa shape index (κ1) is 43.8. The average molecular weight is 887 g/mol. The molecule has 4 aromatic heterocycles. The summed E-state index contributed by atoms with van der Waals surface area (Å²) in [6.07, 6.45) is 17.3. The van der Waals surface area contributed by atoms with Gasteiger partial charge in [-0.2, -0.15) is 10.2 Å². The molecule has 12 nitrogen and oxygen atoms in total. The summed E-state index contributed by atoms with van der Waals surface area (Å²) in [6, 6.07) is 25.5. The first-order chi connectivity index (χ1) is 32.0. The topological polar surface area (TPSA) is 116 Å². The molecule has 0 saturated heterocycles. The van der Waals surface area contributed by atoms with Crippen molar-refractivity contribution in [1.29, 1.82) is 0 Å². The van der Waals surface area contributed by atoms with Crippen LogP contribution in [0.25, 0.3) is 35.7 Å². The van der Waals surface area contributed by atoms with Gasteiger partial charge in [0.25, 0.3) is 0 Å². The fourth-order valence-corrected chi connectivity index (χ4v) is 8.93. The van der Waals surface area contributed by atoms with Crippen molar-refractivity contribution in [2.24, 2.45) is 11.8 Å². The van der Waals surface area contributed by atoms with E-state index < -0.39 is 0 Å². The minimum atomic E-state index is -0.225. The Labute approximate surface area is 383 Å². The van der Waals surface area contributed by atoms with Crippen LogP contribution < -0.4 is 9.47 Å². The maximum Gasteiger partial charge on any atom is 0.174 e. The van der Waals surface area contributed by atoms with Gasteiger partial charge >= 0.3 is 0 Å². The maximum absolute atomic E-state index is 13.4. The number of hydrogen-bond acceptors (Lipinski definition) is 8. The van der Waals surface area contributed by atoms with E-state index >= 15 is 0 Å². The SMILES string of the molecule is COc1cc(/C=C/c2nc3n(n2)CC[C@@H](C)[C@@H]3c2ccc(F)cc2)ccc1-n1cnc(C)c1.COc1cc(/C=C/c2nc3n(n2)CC[C@H](C)[C@H]3c2ccc(F)cc2)ccc1-n1cnc(C)c1. The number of halogens is 2. The molecule has 66 heavy (non-hydrogen) atoms. The van der Waals surface area contributed by atoms with E-state index in [-0.39, 0.29) is 23.5 Å². The monoisotopic (exact) mass is 886 g/mol. The molecule has 4 atom stereocenters. The van der Waals surface area contributed by atoms with Crippen LogP contribution in [0.3, 0.4) is 0 Å². The van der Waals surface area contributed by atoms with Crippen molar-refractivity contribution in [3.8, 4) is 22.9 Å². The third-order valence-corrected chi connectivity index (χ3v) is 12.4. The lowest BCUT2D eigenvalue weighted by molar-refractivity contribution is 0.347. The molecule has 336 valence electrons. The van der Waals surface area contributed by atoms with Gasteiger partial charge in [-0.25, -0.2) is 38.1 Å². The number of imidazole rings is 2. The predicted molar refractivity (Wildman–Crippen MR) is 252 cm³/mol. The number of rotatable bonds is 10. The highest BCUT2D eigenvalue weighted by Gasteiger charge is 2.32. The summed E-state index contributed by atoms with van der Waals surface area (Å²) < 4.78 is 45.9. The Balaban J connectivity index is 0.000000166. The summed E-state index contributed by atoms with van der Waals surface area (Å²) in [7, 11) is 3.33. The van der Waals surface area contributed by atoms with Crippen molar-refractivity contribution in [3.05, 3.63) is 179 Å². The van der Waals surface area contributed by atoms with Gasteiger partial charge in [-0.1, -0.05) is 62.4 Å². The summed E-state index contributed by atoms with van der Waals surface area (Å²) in [6.45, 7) is 10.0. The number of aromatic nitrogens is 10. The van der Waals surface area contributed by atoms with E-state index in [0.717, 1.165) is 94.1 Å². The van der Waals surface area contributed by atoms with Crippen molar-refractivity contribution >= 4 is 24.3 Å². The van der Waals surface area contributed by atoms with E-state index in [1.54, 1.807) is 26.9 Å². The summed E-state index contributed by atoms with van der Waals surface area (Å²) in [5.74, 6) is 5.30. The summed E-state index contributed by atoms with van der Waals surface area (Å²) in [5, 5.41) is 9.41. The molecule has 0 N–H and O–H groups in total. The van der Waals surface area contributed by atoms with E-state index in [1.807, 2.05) is 130 Å². The lowest BCUT2D eigenvalue weighted by atomic mass is 9.82. The molecular formula is C52H52F2N10O2. The molecule has 14 heteroatoms. The Bertz CT molecular complexity index is 2810. The number of nitrogens with zero attached hydrogens (tertiary/aromatic N) is 10. The second-order valence-corrected chi connectivity index (χ2v) is 17.1. The van der Waals surface area contributed by atoms with Gasteiger partial charge in [-0.3, -0.25) is 0 Å². The average Bonchev–Trinajstić information content (AvgIpc) is 4.15. The molecule has 0 radical (unpaired) electrons. The standard InChI is InChI=1S/2C26H26FN5O/c2*1-17-12-13-32-26(25(17)20-6-8-21(27)9-7-20)29-24(30-32)11-5-19-4-10-22(23(14-19)33-3)31-15-18(2)28-16-31/h2*4-11,14-17,25H,12-13H2,1-3H3/b2*11-5+/t2*17-,25-/m10/s1. The molecule has 10 rings (SSSR count). The molecular weight excluding hydrogens is 835 g/mol. The third kappa shape index (κ3) is 9.35. The largest absolute Gasteiger partial charge is 0.495 e. The molecule has 8 aromatic rings. The Morgan fingerprint density at radius 1 is 0.561 bits per heavy atom. The lowest BCUT2D eigenvalue weighted by Crippen LogP contribution is -2.24. The Morgan fingerprint density at radius 3 is 1.33 bits per heavy atom. The minimum Gasteiger partial charge on any atom is -0.495 e. The zero-order valence-corrected chi connectivity index (χ0v) is 37.9. The quantitative estimate of drug-likeness (QED) is 0.133. The minimum absolute atomic E-state index is 0.104. The molecule has 0 saturated carbocycles. The molecule has 2 aliphatic heterocycles. The first-order valence-corrected chi connectivity index (χ1v) is 22.2. The Morgan fingerprint density at radius 2 is 0.970 bits per heavy atom. The highest BCUT2D eigenvalue weighted by Crippen LogP contribution is 2.38. The van der Waals surface area contributed by atoms with Crippen LogP contribution in [0, 0.1) is 37.3 Å². The molecule has 2 aliphatic rings. The highest BCUT2D eigenvalue weighted by molar-refractivity contribution is 5.70. The maximum atomic E-state index is 13.4. The van der Waals surface area contributed by atoms with Gasteiger partial charge in [-0.15, -0.1) is 0 Å². The summed E-state index contributed by atoms with van der Waals surface area (Å²) in [4.78, 5) is 18.3. The van der Waals surface area contributed by atoms with E-state index in [9.17, 15) is 8.78 Å². The number of ether oxygens (including phenoxy) is 2. The predicted octanol–water partition coefficient (Wildman–Crippen LogP) is 10.5. The van der Waals surface area contributed by atoms with Crippen molar-refractivity contribution in [3.63, 3.8) is 0 Å². The van der Waals surface area contributed by atoms with Crippen molar-refractivity contribution in [1.82, 2.24) is 48.6 Å². The lowest BCUT2D eigenvalue weighted by Gasteiger charge is -2.28. The van der Waals surface area contributed by atoms with Gasteiger partial charge in [0.1, 0.15) is 34.8 Å². The number of fused-ring (bicyclic) bond motifs is 2. The van der Waals surface area contributed by atoms with Gasteiger partial charge in [0, 0.05) is 37.3 Å². The van der Waals surface area contributed by atoms with Gasteiger partial charge < -0.3 is 18.6 Å². The Kier molecular flexibility index (Phi) is 12.6. The molecule has 0 bridgehead atoms. The number of methoxy groups -OCH3 is 2. The smallest absolute Gasteiger partial charge is 0.174 e. The normalized spacial score (nSPS) is 17.9. The summed E-state index contributed by atoms with van der Waals surface area (Å²) >= 11 is 0. The zero-order chi connectivity index (χ0) is 45.9. The van der Waals surface area contributed by atoms with Crippen molar-refractivity contribution in [2.75, 3.05) is 14.2 Å². The molecule has 6 heterocycles. The fourth-order valence-electron chi connectivity index (χ4n) is 8.93. The van der Waals surface area contributed by atoms with E-state index in [4.69, 9.17) is 29.6 Å². The van der Waals surface area contributed by atoms with Crippen molar-refractivity contribution < 1.29 is 18.3 Å². The second kappa shape index (κ2) is 18.9. The second-order valence-electron chi connectivity index (χ2n) is 17.1. The first-order valence-electron chi connectivity index (χ1n) is 22.2. The van der Waals surface area contributed by atoms with Crippen LogP contribution in [0.2, 0.25) is 0 Å². The Hall–Kier alpha value is -7.48. The van der Waals surface area contributed by atoms with E-state index in [0.29, 0.717) is 23.5 Å². The third-order valence-electron chi connectivity index (χ3n) is 12.4. The van der Waals surface area contributed by atoms with Crippen LogP contribution in [-0.2, 0) is 13.1 Å². The van der Waals surface area contributed by atoms with Gasteiger partial charge in [0.2, 0.25) is 0 Å². The highest BCUT2D eigenvalue weighted by atomic mass is 19.1. The summed E-state index contributed by atoms with van der Waals surface area (Å²) in [5.41, 5.74) is 7.88. The number of aryl methyl sites for hydroxylation is 4. The van der Waals surface area contributed by atoms with Gasteiger partial charge in [0.15, 0.2) is 11.6 Å². The van der Waals surface area contributed by atoms with Crippen LogP contribution in [0.5, 0.6) is 11.5 Å². The molecule has 0 amide bonds. The van der Waals surface area contributed by atoms with Crippen LogP contribution in [0.1, 0.15) is 95.5 Å². The molecule has 0 spiro atoms. The molecule has 0 aliphatic carbocycles. The molecule has 4 aromatic carbocycles. The van der Waals surface area contributed by atoms with Crippen LogP contribution in [0.15, 0.2) is 110 Å². The number of hydrogen-bond donors (Lipinski definition) is 0. The zero-order valence-electron chi connectivity index (χ0n) is 37.9.